The number of carbonyl (C=O) groups is 1. The molecule has 0 spiro atoms. The number of aromatic amines is 1. The number of rotatable bonds is 8. The summed E-state index contributed by atoms with van der Waals surface area (Å²) in [5.41, 5.74) is 5.13. The summed E-state index contributed by atoms with van der Waals surface area (Å²) < 4.78 is 0. The zero-order valence-corrected chi connectivity index (χ0v) is 16.3. The molecule has 0 saturated carbocycles. The Morgan fingerprint density at radius 3 is 2.85 bits per heavy atom. The fourth-order valence-corrected chi connectivity index (χ4v) is 2.95. The molecule has 2 rings (SSSR count). The Morgan fingerprint density at radius 2 is 2.15 bits per heavy atom. The van der Waals surface area contributed by atoms with Crippen LogP contribution in [0.1, 0.15) is 19.4 Å². The van der Waals surface area contributed by atoms with Crippen LogP contribution in [0.2, 0.25) is 0 Å². The van der Waals surface area contributed by atoms with E-state index < -0.39 is 6.04 Å². The number of para-hydroxylation sites is 1. The van der Waals surface area contributed by atoms with Crippen molar-refractivity contribution < 1.29 is 4.79 Å². The van der Waals surface area contributed by atoms with Gasteiger partial charge in [0, 0.05) is 36.3 Å². The first-order valence-electron chi connectivity index (χ1n) is 8.50. The third-order valence-corrected chi connectivity index (χ3v) is 4.53. The molecule has 0 aliphatic rings. The van der Waals surface area contributed by atoms with Crippen LogP contribution in [-0.2, 0) is 11.2 Å². The molecule has 1 aromatic carbocycles. The molecule has 0 bridgehead atoms. The number of aromatic nitrogens is 1. The maximum Gasteiger partial charge on any atom is 0.249 e. The minimum absolute atomic E-state index is 0.0744. The summed E-state index contributed by atoms with van der Waals surface area (Å²) in [5.74, 6) is -0.0744. The average Bonchev–Trinajstić information content (AvgIpc) is 3.07. The molecule has 136 valence electrons. The van der Waals surface area contributed by atoms with Crippen molar-refractivity contribution in [2.75, 3.05) is 7.05 Å². The van der Waals surface area contributed by atoms with Crippen molar-refractivity contribution in [1.29, 1.82) is 0 Å². The number of carbonyl (C=O) groups excluding carboxylic acids is 1. The van der Waals surface area contributed by atoms with Crippen molar-refractivity contribution in [3.63, 3.8) is 0 Å². The number of H-pyrrole nitrogens is 1. The Labute approximate surface area is 160 Å². The van der Waals surface area contributed by atoms with E-state index in [1.165, 1.54) is 5.49 Å². The number of fused-ring (bicyclic) bond motifs is 1. The second-order valence-corrected chi connectivity index (χ2v) is 6.36. The average molecular weight is 368 g/mol. The van der Waals surface area contributed by atoms with Gasteiger partial charge in [-0.3, -0.25) is 4.79 Å². The number of allylic oxidation sites excluding steroid dienone is 4. The number of likely N-dealkylation sites (N-methyl/N-ethyl adjacent to an activating group) is 1. The molecule has 0 radical (unpaired) electrons. The quantitative estimate of drug-likeness (QED) is 0.545. The number of thiocarbonyl (C=S) groups is 1. The minimum atomic E-state index is -0.456. The van der Waals surface area contributed by atoms with Crippen LogP contribution in [0.25, 0.3) is 10.9 Å². The highest BCUT2D eigenvalue weighted by molar-refractivity contribution is 7.78. The topological polar surface area (TPSA) is 48.1 Å². The van der Waals surface area contributed by atoms with E-state index in [0.717, 1.165) is 22.0 Å². The van der Waals surface area contributed by atoms with Gasteiger partial charge in [0.2, 0.25) is 5.91 Å². The second kappa shape index (κ2) is 9.15. The Balaban J connectivity index is 2.21. The van der Waals surface area contributed by atoms with Crippen LogP contribution in [0.5, 0.6) is 0 Å². The Morgan fingerprint density at radius 1 is 1.42 bits per heavy atom. The minimum Gasteiger partial charge on any atom is -0.371 e. The van der Waals surface area contributed by atoms with Crippen LogP contribution in [0.3, 0.4) is 0 Å². The molecule has 1 heterocycles. The number of hydrogen-bond acceptors (Lipinski definition) is 2. The molecule has 4 nitrogen and oxygen atoms in total. The van der Waals surface area contributed by atoms with Crippen molar-refractivity contribution in [2.45, 2.75) is 26.3 Å². The molecule has 26 heavy (non-hydrogen) atoms. The molecule has 0 saturated heterocycles. The molecule has 2 N–H and O–H groups in total. The van der Waals surface area contributed by atoms with E-state index in [1.807, 2.05) is 62.5 Å². The molecule has 0 aliphatic carbocycles. The van der Waals surface area contributed by atoms with Crippen LogP contribution in [0.15, 0.2) is 66.5 Å². The molecule has 0 aliphatic heterocycles. The van der Waals surface area contributed by atoms with E-state index in [-0.39, 0.29) is 5.91 Å². The molecule has 1 aromatic heterocycles. The molecule has 1 unspecified atom stereocenters. The number of nitrogens with one attached hydrogen (secondary N) is 2. The Kier molecular flexibility index (Phi) is 6.92. The van der Waals surface area contributed by atoms with E-state index in [9.17, 15) is 4.79 Å². The molecule has 1 amide bonds. The SMILES string of the molecule is C=C(/C(C)=C\C=C/C)N(C)C(=O)C(Cc1c[nH]c2ccccc12)NC=S. The van der Waals surface area contributed by atoms with E-state index in [4.69, 9.17) is 12.2 Å². The second-order valence-electron chi connectivity index (χ2n) is 6.12. The van der Waals surface area contributed by atoms with E-state index >= 15 is 0 Å². The lowest BCUT2D eigenvalue weighted by molar-refractivity contribution is -0.129. The fraction of sp³-hybridized carbons (Fsp3) is 0.238. The highest BCUT2D eigenvalue weighted by Crippen LogP contribution is 2.20. The van der Waals surface area contributed by atoms with Crippen LogP contribution in [-0.4, -0.2) is 34.4 Å². The van der Waals surface area contributed by atoms with Crippen LogP contribution in [0.4, 0.5) is 0 Å². The summed E-state index contributed by atoms with van der Waals surface area (Å²) in [4.78, 5) is 17.8. The maximum atomic E-state index is 13.0. The third-order valence-electron chi connectivity index (χ3n) is 4.40. The van der Waals surface area contributed by atoms with Crippen molar-refractivity contribution in [1.82, 2.24) is 15.2 Å². The Hall–Kier alpha value is -2.66. The summed E-state index contributed by atoms with van der Waals surface area (Å²) in [5, 5.41) is 4.13. The van der Waals surface area contributed by atoms with Gasteiger partial charge in [0.1, 0.15) is 6.04 Å². The van der Waals surface area contributed by atoms with Gasteiger partial charge in [-0.25, -0.2) is 0 Å². The van der Waals surface area contributed by atoms with Crippen LogP contribution in [0, 0.1) is 0 Å². The van der Waals surface area contributed by atoms with Gasteiger partial charge >= 0.3 is 0 Å². The number of amides is 1. The number of hydrogen-bond donors (Lipinski definition) is 2. The van der Waals surface area contributed by atoms with E-state index in [1.54, 1.807) is 11.9 Å². The summed E-state index contributed by atoms with van der Waals surface area (Å²) in [6.45, 7) is 7.94. The smallest absolute Gasteiger partial charge is 0.249 e. The number of benzene rings is 1. The first-order valence-corrected chi connectivity index (χ1v) is 8.97. The highest BCUT2D eigenvalue weighted by atomic mass is 32.1. The molecule has 5 heteroatoms. The predicted octanol–water partition coefficient (Wildman–Crippen LogP) is 4.12. The van der Waals surface area contributed by atoms with Crippen molar-refractivity contribution in [3.05, 3.63) is 72.1 Å². The van der Waals surface area contributed by atoms with Gasteiger partial charge in [-0.1, -0.05) is 55.2 Å². The Bertz CT molecular complexity index is 863. The van der Waals surface area contributed by atoms with Crippen molar-refractivity contribution in [3.8, 4) is 0 Å². The standard InChI is InChI=1S/C21H25N3OS/c1-5-6-9-15(2)16(3)24(4)21(25)20(23-14-26)12-17-13-22-19-11-8-7-10-18(17)19/h5-11,13-14,20,22H,3,12H2,1-2,4H3,(H,23,26)/b6-5-,15-9-. The van der Waals surface area contributed by atoms with Gasteiger partial charge in [-0.05, 0) is 31.1 Å². The van der Waals surface area contributed by atoms with E-state index in [0.29, 0.717) is 12.1 Å². The van der Waals surface area contributed by atoms with Crippen LogP contribution < -0.4 is 5.32 Å². The van der Waals surface area contributed by atoms with Gasteiger partial charge < -0.3 is 15.2 Å². The first-order chi connectivity index (χ1) is 12.5. The molecule has 1 atom stereocenters. The van der Waals surface area contributed by atoms with Crippen LogP contribution >= 0.6 is 12.2 Å². The fourth-order valence-electron chi connectivity index (χ4n) is 2.79. The monoisotopic (exact) mass is 367 g/mol. The largest absolute Gasteiger partial charge is 0.371 e. The summed E-state index contributed by atoms with van der Waals surface area (Å²) in [6.07, 6.45) is 8.28. The lowest BCUT2D eigenvalue weighted by atomic mass is 10.0. The zero-order chi connectivity index (χ0) is 19.1. The third kappa shape index (κ3) is 4.49. The van der Waals surface area contributed by atoms with Crippen molar-refractivity contribution in [2.24, 2.45) is 0 Å². The number of nitrogens with zero attached hydrogens (tertiary/aromatic N) is 1. The summed E-state index contributed by atoms with van der Waals surface area (Å²) in [6, 6.07) is 7.59. The highest BCUT2D eigenvalue weighted by Gasteiger charge is 2.24. The summed E-state index contributed by atoms with van der Waals surface area (Å²) in [7, 11) is 1.74. The summed E-state index contributed by atoms with van der Waals surface area (Å²) >= 11 is 4.94. The van der Waals surface area contributed by atoms with E-state index in [2.05, 4.69) is 16.9 Å². The first kappa shape index (κ1) is 19.7. The van der Waals surface area contributed by atoms with Gasteiger partial charge in [-0.2, -0.15) is 0 Å². The van der Waals surface area contributed by atoms with Crippen molar-refractivity contribution >= 4 is 34.5 Å². The molecule has 2 aromatic rings. The molecular weight excluding hydrogens is 342 g/mol. The van der Waals surface area contributed by atoms with Gasteiger partial charge in [0.15, 0.2) is 0 Å². The predicted molar refractivity (Wildman–Crippen MR) is 113 cm³/mol. The van der Waals surface area contributed by atoms with Gasteiger partial charge in [0.25, 0.3) is 0 Å². The van der Waals surface area contributed by atoms with Gasteiger partial charge in [0.05, 0.1) is 5.49 Å². The molecular formula is C21H25N3OS. The zero-order valence-electron chi connectivity index (χ0n) is 15.5. The lowest BCUT2D eigenvalue weighted by Crippen LogP contribution is -2.45. The maximum absolute atomic E-state index is 13.0. The normalized spacial score (nSPS) is 13.0. The molecule has 0 fully saturated rings. The lowest BCUT2D eigenvalue weighted by Gasteiger charge is -2.25. The van der Waals surface area contributed by atoms with Gasteiger partial charge in [-0.15, -0.1) is 0 Å².